The molecule has 110 valence electrons. The minimum absolute atomic E-state index is 0.0939. The molecule has 1 aliphatic heterocycles. The third kappa shape index (κ3) is 3.09. The molecule has 0 radical (unpaired) electrons. The standard InChI is InChI=1S/C14H17N5O2/c15-8-12-17-13(19-18-12)9-3-5-10(6-4-9)16-14(20)11-2-1-7-21-11/h3-6,11H,1-2,7-8,15H2,(H,16,20)(H,17,18,19). The number of aromatic amines is 1. The van der Waals surface area contributed by atoms with Crippen LogP contribution in [0.4, 0.5) is 5.69 Å². The second-order valence-electron chi connectivity index (χ2n) is 4.88. The van der Waals surface area contributed by atoms with E-state index < -0.39 is 0 Å². The molecular formula is C14H17N5O2. The summed E-state index contributed by atoms with van der Waals surface area (Å²) in [5, 5.41) is 9.70. The lowest BCUT2D eigenvalue weighted by molar-refractivity contribution is -0.124. The van der Waals surface area contributed by atoms with Gasteiger partial charge in [-0.2, -0.15) is 5.10 Å². The first-order valence-corrected chi connectivity index (χ1v) is 6.90. The number of rotatable bonds is 4. The lowest BCUT2D eigenvalue weighted by Crippen LogP contribution is -2.26. The van der Waals surface area contributed by atoms with Crippen LogP contribution in [-0.4, -0.2) is 33.8 Å². The van der Waals surface area contributed by atoms with Gasteiger partial charge in [-0.25, -0.2) is 4.98 Å². The molecule has 1 aliphatic rings. The third-order valence-electron chi connectivity index (χ3n) is 3.36. The average molecular weight is 287 g/mol. The summed E-state index contributed by atoms with van der Waals surface area (Å²) in [6.07, 6.45) is 1.39. The first-order chi connectivity index (χ1) is 10.3. The highest BCUT2D eigenvalue weighted by molar-refractivity contribution is 5.94. The maximum Gasteiger partial charge on any atom is 0.253 e. The Bertz CT molecular complexity index is 617. The normalized spacial score (nSPS) is 17.9. The summed E-state index contributed by atoms with van der Waals surface area (Å²) in [7, 11) is 0. The van der Waals surface area contributed by atoms with Gasteiger partial charge in [0, 0.05) is 17.9 Å². The maximum atomic E-state index is 11.9. The molecule has 7 nitrogen and oxygen atoms in total. The number of amides is 1. The first-order valence-electron chi connectivity index (χ1n) is 6.90. The van der Waals surface area contributed by atoms with Gasteiger partial charge in [-0.15, -0.1) is 0 Å². The Kier molecular flexibility index (Phi) is 3.94. The summed E-state index contributed by atoms with van der Waals surface area (Å²) in [5.74, 6) is 1.14. The van der Waals surface area contributed by atoms with Gasteiger partial charge in [0.15, 0.2) is 5.82 Å². The molecule has 0 bridgehead atoms. The van der Waals surface area contributed by atoms with Gasteiger partial charge in [0.05, 0.1) is 6.54 Å². The van der Waals surface area contributed by atoms with E-state index in [9.17, 15) is 4.79 Å². The molecule has 1 amide bonds. The summed E-state index contributed by atoms with van der Waals surface area (Å²) in [4.78, 5) is 16.2. The molecule has 4 N–H and O–H groups in total. The van der Waals surface area contributed by atoms with Crippen molar-refractivity contribution in [3.8, 4) is 11.4 Å². The smallest absolute Gasteiger partial charge is 0.253 e. The molecule has 0 spiro atoms. The highest BCUT2D eigenvalue weighted by atomic mass is 16.5. The van der Waals surface area contributed by atoms with Crippen molar-refractivity contribution < 1.29 is 9.53 Å². The average Bonchev–Trinajstić information content (AvgIpc) is 3.19. The molecule has 2 aromatic rings. The molecule has 0 aliphatic carbocycles. The van der Waals surface area contributed by atoms with Crippen molar-refractivity contribution in [2.24, 2.45) is 5.73 Å². The van der Waals surface area contributed by atoms with Gasteiger partial charge in [-0.05, 0) is 37.1 Å². The minimum Gasteiger partial charge on any atom is -0.368 e. The molecule has 1 saturated heterocycles. The fourth-order valence-electron chi connectivity index (χ4n) is 2.23. The monoisotopic (exact) mass is 287 g/mol. The Morgan fingerprint density at radius 1 is 1.43 bits per heavy atom. The number of nitrogens with one attached hydrogen (secondary N) is 2. The largest absolute Gasteiger partial charge is 0.368 e. The molecule has 1 unspecified atom stereocenters. The summed E-state index contributed by atoms with van der Waals surface area (Å²) in [5.41, 5.74) is 7.08. The Labute approximate surface area is 121 Å². The Morgan fingerprint density at radius 3 is 2.86 bits per heavy atom. The summed E-state index contributed by atoms with van der Waals surface area (Å²) < 4.78 is 5.35. The number of anilines is 1. The number of carbonyl (C=O) groups excluding carboxylic acids is 1. The fourth-order valence-corrected chi connectivity index (χ4v) is 2.23. The molecule has 21 heavy (non-hydrogen) atoms. The van der Waals surface area contributed by atoms with Crippen molar-refractivity contribution in [2.45, 2.75) is 25.5 Å². The van der Waals surface area contributed by atoms with E-state index in [1.165, 1.54) is 0 Å². The van der Waals surface area contributed by atoms with Crippen molar-refractivity contribution in [1.29, 1.82) is 0 Å². The molecule has 1 atom stereocenters. The predicted octanol–water partition coefficient (Wildman–Crippen LogP) is 1.05. The van der Waals surface area contributed by atoms with Crippen LogP contribution in [0.1, 0.15) is 18.7 Å². The summed E-state index contributed by atoms with van der Waals surface area (Å²) in [6, 6.07) is 7.35. The van der Waals surface area contributed by atoms with E-state index in [2.05, 4.69) is 20.5 Å². The van der Waals surface area contributed by atoms with Crippen LogP contribution < -0.4 is 11.1 Å². The zero-order chi connectivity index (χ0) is 14.7. The van der Waals surface area contributed by atoms with Gasteiger partial charge in [-0.3, -0.25) is 9.89 Å². The Balaban J connectivity index is 1.67. The van der Waals surface area contributed by atoms with E-state index in [0.717, 1.165) is 24.1 Å². The van der Waals surface area contributed by atoms with Crippen molar-refractivity contribution in [1.82, 2.24) is 15.2 Å². The summed E-state index contributed by atoms with van der Waals surface area (Å²) >= 11 is 0. The van der Waals surface area contributed by atoms with Crippen LogP contribution >= 0.6 is 0 Å². The second kappa shape index (κ2) is 6.02. The molecule has 1 fully saturated rings. The van der Waals surface area contributed by atoms with E-state index in [0.29, 0.717) is 24.8 Å². The van der Waals surface area contributed by atoms with Crippen LogP contribution in [-0.2, 0) is 16.1 Å². The van der Waals surface area contributed by atoms with Gasteiger partial charge in [0.25, 0.3) is 5.91 Å². The number of ether oxygens (including phenoxy) is 1. The van der Waals surface area contributed by atoms with Gasteiger partial charge < -0.3 is 15.8 Å². The van der Waals surface area contributed by atoms with E-state index in [1.54, 1.807) is 0 Å². The van der Waals surface area contributed by atoms with E-state index in [1.807, 2.05) is 24.3 Å². The number of hydrogen-bond donors (Lipinski definition) is 3. The quantitative estimate of drug-likeness (QED) is 0.779. The van der Waals surface area contributed by atoms with Crippen LogP contribution in [0.15, 0.2) is 24.3 Å². The van der Waals surface area contributed by atoms with Crippen molar-refractivity contribution >= 4 is 11.6 Å². The van der Waals surface area contributed by atoms with Crippen LogP contribution in [0.3, 0.4) is 0 Å². The zero-order valence-corrected chi connectivity index (χ0v) is 11.5. The number of nitrogens with two attached hydrogens (primary N) is 1. The summed E-state index contributed by atoms with van der Waals surface area (Å²) in [6.45, 7) is 0.980. The Hall–Kier alpha value is -2.25. The molecule has 1 aromatic heterocycles. The number of aromatic nitrogens is 3. The second-order valence-corrected chi connectivity index (χ2v) is 4.88. The third-order valence-corrected chi connectivity index (χ3v) is 3.36. The number of benzene rings is 1. The molecule has 0 saturated carbocycles. The van der Waals surface area contributed by atoms with Crippen LogP contribution in [0.2, 0.25) is 0 Å². The fraction of sp³-hybridized carbons (Fsp3) is 0.357. The molecule has 2 heterocycles. The SMILES string of the molecule is NCc1nc(-c2ccc(NC(=O)C3CCCO3)cc2)n[nH]1. The van der Waals surface area contributed by atoms with Gasteiger partial charge >= 0.3 is 0 Å². The highest BCUT2D eigenvalue weighted by Gasteiger charge is 2.23. The lowest BCUT2D eigenvalue weighted by atomic mass is 10.2. The van der Waals surface area contributed by atoms with Crippen molar-refractivity contribution in [2.75, 3.05) is 11.9 Å². The number of H-pyrrole nitrogens is 1. The van der Waals surface area contributed by atoms with Crippen LogP contribution in [0, 0.1) is 0 Å². The van der Waals surface area contributed by atoms with E-state index in [-0.39, 0.29) is 12.0 Å². The lowest BCUT2D eigenvalue weighted by Gasteiger charge is -2.10. The molecule has 7 heteroatoms. The minimum atomic E-state index is -0.329. The zero-order valence-electron chi connectivity index (χ0n) is 11.5. The van der Waals surface area contributed by atoms with Gasteiger partial charge in [-0.1, -0.05) is 0 Å². The molecule has 1 aromatic carbocycles. The topological polar surface area (TPSA) is 106 Å². The van der Waals surface area contributed by atoms with E-state index in [4.69, 9.17) is 10.5 Å². The van der Waals surface area contributed by atoms with Gasteiger partial charge in [0.2, 0.25) is 0 Å². The maximum absolute atomic E-state index is 11.9. The number of hydrogen-bond acceptors (Lipinski definition) is 5. The van der Waals surface area contributed by atoms with Crippen molar-refractivity contribution in [3.05, 3.63) is 30.1 Å². The van der Waals surface area contributed by atoms with Gasteiger partial charge in [0.1, 0.15) is 11.9 Å². The number of nitrogens with zero attached hydrogens (tertiary/aromatic N) is 2. The van der Waals surface area contributed by atoms with Crippen LogP contribution in [0.5, 0.6) is 0 Å². The van der Waals surface area contributed by atoms with E-state index >= 15 is 0 Å². The molecular weight excluding hydrogens is 270 g/mol. The highest BCUT2D eigenvalue weighted by Crippen LogP contribution is 2.19. The van der Waals surface area contributed by atoms with Crippen LogP contribution in [0.25, 0.3) is 11.4 Å². The van der Waals surface area contributed by atoms with Crippen molar-refractivity contribution in [3.63, 3.8) is 0 Å². The first kappa shape index (κ1) is 13.7. The predicted molar refractivity (Wildman–Crippen MR) is 77.3 cm³/mol. The molecule has 3 rings (SSSR count). The number of carbonyl (C=O) groups is 1. The Morgan fingerprint density at radius 2 is 2.24 bits per heavy atom.